The molecule has 8 nitrogen and oxygen atoms in total. The lowest BCUT2D eigenvalue weighted by Gasteiger charge is -2.40. The smallest absolute Gasteiger partial charge is 0.225 e. The van der Waals surface area contributed by atoms with Crippen LogP contribution in [0.1, 0.15) is 26.7 Å². The standard InChI is InChI=1S/C17H26N2O6S2/c1-4-6-16-14(5-2)19(26(21)22)13(3)15(25-16)7-8-17(20)18-9-11-27(23,24)12-10-18/h4-6,13,15,26H,1,7-12H2,2-3H3/b14-5+,16-6+/t13-,15?/m1/s1. The molecule has 2 rings (SSSR count). The Labute approximate surface area is 162 Å². The molecule has 0 aromatic carbocycles. The second-order valence-electron chi connectivity index (χ2n) is 6.49. The lowest BCUT2D eigenvalue weighted by Crippen LogP contribution is -2.47. The van der Waals surface area contributed by atoms with Gasteiger partial charge < -0.3 is 9.64 Å². The number of thiol groups is 1. The van der Waals surface area contributed by atoms with Crippen molar-refractivity contribution in [3.05, 3.63) is 36.3 Å². The van der Waals surface area contributed by atoms with Gasteiger partial charge in [-0.05, 0) is 26.3 Å². The summed E-state index contributed by atoms with van der Waals surface area (Å²) in [6.45, 7) is 7.48. The first-order valence-electron chi connectivity index (χ1n) is 8.78. The van der Waals surface area contributed by atoms with Crippen LogP contribution in [0.5, 0.6) is 0 Å². The Hall–Kier alpha value is -1.81. The van der Waals surface area contributed by atoms with Crippen LogP contribution in [-0.2, 0) is 30.3 Å². The molecule has 2 aliphatic rings. The van der Waals surface area contributed by atoms with E-state index >= 15 is 0 Å². The van der Waals surface area contributed by atoms with Crippen molar-refractivity contribution in [3.8, 4) is 0 Å². The Kier molecular flexibility index (Phi) is 7.10. The molecule has 152 valence electrons. The topological polar surface area (TPSA) is 101 Å². The molecular formula is C17H26N2O6S2. The van der Waals surface area contributed by atoms with Gasteiger partial charge in [0.1, 0.15) is 11.9 Å². The van der Waals surface area contributed by atoms with Crippen LogP contribution in [0.4, 0.5) is 0 Å². The largest absolute Gasteiger partial charge is 0.486 e. The SMILES string of the molecule is C=C/C=C1/OC(CCC(=O)N2CCS(=O)(=O)CC2)[C@@H](C)N([SH](=O)=O)/C1=C/C. The van der Waals surface area contributed by atoms with Crippen molar-refractivity contribution < 1.29 is 26.4 Å². The van der Waals surface area contributed by atoms with E-state index < -0.39 is 32.9 Å². The Morgan fingerprint density at radius 2 is 1.96 bits per heavy atom. The fraction of sp³-hybridized carbons (Fsp3) is 0.588. The average molecular weight is 419 g/mol. The second-order valence-corrected chi connectivity index (χ2v) is 9.70. The van der Waals surface area contributed by atoms with Gasteiger partial charge in [0.2, 0.25) is 16.8 Å². The molecular weight excluding hydrogens is 392 g/mol. The van der Waals surface area contributed by atoms with E-state index in [-0.39, 0.29) is 36.9 Å². The van der Waals surface area contributed by atoms with Crippen molar-refractivity contribution in [1.29, 1.82) is 0 Å². The Morgan fingerprint density at radius 1 is 1.33 bits per heavy atom. The highest BCUT2D eigenvalue weighted by atomic mass is 32.2. The zero-order chi connectivity index (χ0) is 20.2. The van der Waals surface area contributed by atoms with Gasteiger partial charge in [-0.1, -0.05) is 18.7 Å². The summed E-state index contributed by atoms with van der Waals surface area (Å²) in [6.07, 6.45) is 4.76. The molecule has 0 aliphatic carbocycles. The van der Waals surface area contributed by atoms with Crippen molar-refractivity contribution >= 4 is 26.6 Å². The highest BCUT2D eigenvalue weighted by molar-refractivity contribution is 7.91. The van der Waals surface area contributed by atoms with Crippen molar-refractivity contribution in [2.45, 2.75) is 38.8 Å². The summed E-state index contributed by atoms with van der Waals surface area (Å²) in [6, 6.07) is -0.464. The first-order chi connectivity index (χ1) is 12.7. The van der Waals surface area contributed by atoms with Gasteiger partial charge in [0.25, 0.3) is 0 Å². The minimum absolute atomic E-state index is 0.0175. The van der Waals surface area contributed by atoms with Gasteiger partial charge in [-0.25, -0.2) is 16.8 Å². The maximum Gasteiger partial charge on any atom is 0.225 e. The number of morpholine rings is 1. The van der Waals surface area contributed by atoms with Crippen LogP contribution >= 0.6 is 0 Å². The van der Waals surface area contributed by atoms with Gasteiger partial charge in [0.15, 0.2) is 9.84 Å². The quantitative estimate of drug-likeness (QED) is 0.657. The van der Waals surface area contributed by atoms with E-state index in [0.717, 1.165) is 0 Å². The van der Waals surface area contributed by atoms with Gasteiger partial charge in [0.05, 0.1) is 23.2 Å². The van der Waals surface area contributed by atoms with Gasteiger partial charge in [-0.3, -0.25) is 9.10 Å². The molecule has 2 aliphatic heterocycles. The number of amides is 1. The molecule has 0 saturated carbocycles. The predicted molar refractivity (Wildman–Crippen MR) is 103 cm³/mol. The Bertz CT molecular complexity index is 806. The third-order valence-corrected chi connectivity index (χ3v) is 7.30. The van der Waals surface area contributed by atoms with Crippen LogP contribution < -0.4 is 0 Å². The van der Waals surface area contributed by atoms with Crippen LogP contribution in [0.3, 0.4) is 0 Å². The molecule has 27 heavy (non-hydrogen) atoms. The molecule has 1 unspecified atom stereocenters. The van der Waals surface area contributed by atoms with E-state index in [1.807, 2.05) is 0 Å². The third kappa shape index (κ3) is 5.13. The second kappa shape index (κ2) is 8.92. The van der Waals surface area contributed by atoms with Crippen LogP contribution in [0.2, 0.25) is 0 Å². The maximum absolute atomic E-state index is 12.4. The van der Waals surface area contributed by atoms with E-state index in [4.69, 9.17) is 4.74 Å². The minimum atomic E-state index is -3.05. The summed E-state index contributed by atoms with van der Waals surface area (Å²) >= 11 is 0. The monoisotopic (exact) mass is 418 g/mol. The van der Waals surface area contributed by atoms with Crippen molar-refractivity contribution in [1.82, 2.24) is 9.21 Å². The zero-order valence-electron chi connectivity index (χ0n) is 15.5. The van der Waals surface area contributed by atoms with E-state index in [2.05, 4.69) is 6.58 Å². The lowest BCUT2D eigenvalue weighted by molar-refractivity contribution is -0.131. The maximum atomic E-state index is 12.4. The first-order valence-corrected chi connectivity index (χ1v) is 11.7. The fourth-order valence-corrected chi connectivity index (χ4v) is 5.28. The van der Waals surface area contributed by atoms with E-state index in [9.17, 15) is 21.6 Å². The van der Waals surface area contributed by atoms with Crippen LogP contribution in [-0.4, -0.2) is 68.7 Å². The van der Waals surface area contributed by atoms with Gasteiger partial charge in [-0.2, -0.15) is 0 Å². The summed E-state index contributed by atoms with van der Waals surface area (Å²) in [4.78, 5) is 13.9. The molecule has 2 saturated heterocycles. The van der Waals surface area contributed by atoms with Gasteiger partial charge >= 0.3 is 0 Å². The van der Waals surface area contributed by atoms with E-state index in [0.29, 0.717) is 17.9 Å². The molecule has 0 spiro atoms. The molecule has 0 N–H and O–H groups in total. The predicted octanol–water partition coefficient (Wildman–Crippen LogP) is 0.613. The summed E-state index contributed by atoms with van der Waals surface area (Å²) in [5.74, 6) is 0.211. The Morgan fingerprint density at radius 3 is 2.48 bits per heavy atom. The number of hydrogen-bond donors (Lipinski definition) is 1. The number of ether oxygens (including phenoxy) is 1. The minimum Gasteiger partial charge on any atom is -0.486 e. The molecule has 0 aromatic heterocycles. The number of carbonyl (C=O) groups excluding carboxylic acids is 1. The van der Waals surface area contributed by atoms with Crippen LogP contribution in [0.25, 0.3) is 0 Å². The van der Waals surface area contributed by atoms with Crippen molar-refractivity contribution in [3.63, 3.8) is 0 Å². The number of allylic oxidation sites excluding steroid dienone is 3. The summed E-state index contributed by atoms with van der Waals surface area (Å²) in [5.41, 5.74) is 0.447. The van der Waals surface area contributed by atoms with E-state index in [1.165, 1.54) is 15.3 Å². The first kappa shape index (κ1) is 21.5. The summed E-state index contributed by atoms with van der Waals surface area (Å²) < 4.78 is 53.7. The number of nitrogens with zero attached hydrogens (tertiary/aromatic N) is 2. The highest BCUT2D eigenvalue weighted by Gasteiger charge is 2.36. The summed E-state index contributed by atoms with van der Waals surface area (Å²) in [5, 5.41) is 0. The zero-order valence-corrected chi connectivity index (χ0v) is 17.2. The Balaban J connectivity index is 2.08. The molecule has 10 heteroatoms. The molecule has 2 heterocycles. The highest BCUT2D eigenvalue weighted by Crippen LogP contribution is 2.32. The van der Waals surface area contributed by atoms with Crippen LogP contribution in [0.15, 0.2) is 36.3 Å². The van der Waals surface area contributed by atoms with E-state index in [1.54, 1.807) is 26.0 Å². The summed E-state index contributed by atoms with van der Waals surface area (Å²) in [7, 11) is -5.92. The van der Waals surface area contributed by atoms with Gasteiger partial charge in [-0.15, -0.1) is 0 Å². The number of carbonyl (C=O) groups is 1. The molecule has 1 amide bonds. The normalized spacial score (nSPS) is 28.4. The lowest BCUT2D eigenvalue weighted by atomic mass is 10.0. The number of sulfone groups is 1. The molecule has 0 aromatic rings. The molecule has 0 bridgehead atoms. The number of rotatable bonds is 5. The third-order valence-electron chi connectivity index (χ3n) is 4.76. The molecule has 2 atom stereocenters. The fourth-order valence-electron chi connectivity index (χ4n) is 3.24. The number of hydrogen-bond acceptors (Lipinski definition) is 6. The van der Waals surface area contributed by atoms with Crippen LogP contribution in [0, 0.1) is 0 Å². The average Bonchev–Trinajstić information content (AvgIpc) is 2.60. The van der Waals surface area contributed by atoms with Crippen molar-refractivity contribution in [2.24, 2.45) is 0 Å². The molecule has 0 radical (unpaired) electrons. The molecule has 2 fully saturated rings. The van der Waals surface area contributed by atoms with Crippen molar-refractivity contribution in [2.75, 3.05) is 24.6 Å². The van der Waals surface area contributed by atoms with Gasteiger partial charge in [0, 0.05) is 19.5 Å².